The fourth-order valence-corrected chi connectivity index (χ4v) is 6.23. The second-order valence-corrected chi connectivity index (χ2v) is 12.3. The molecule has 0 fully saturated rings. The Balaban J connectivity index is 1.73. The van der Waals surface area contributed by atoms with E-state index in [1.165, 1.54) is 18.2 Å². The summed E-state index contributed by atoms with van der Waals surface area (Å²) in [6.07, 6.45) is 0.533. The number of amides is 1. The molecule has 1 aliphatic rings. The number of hydrogen-bond donors (Lipinski definition) is 0. The lowest BCUT2D eigenvalue weighted by Gasteiger charge is -2.27. The minimum absolute atomic E-state index is 0.140. The molecule has 0 unspecified atom stereocenters. The Labute approximate surface area is 226 Å². The van der Waals surface area contributed by atoms with Crippen LogP contribution in [0, 0.1) is 0 Å². The van der Waals surface area contributed by atoms with E-state index >= 15 is 0 Å². The molecule has 7 nitrogen and oxygen atoms in total. The van der Waals surface area contributed by atoms with Crippen LogP contribution in [-0.2, 0) is 26.0 Å². The zero-order valence-electron chi connectivity index (χ0n) is 20.6. The predicted octanol–water partition coefficient (Wildman–Crippen LogP) is 5.73. The first kappa shape index (κ1) is 27.0. The Morgan fingerprint density at radius 3 is 2.24 bits per heavy atom. The van der Waals surface area contributed by atoms with Gasteiger partial charge in [-0.25, -0.2) is 8.42 Å². The van der Waals surface area contributed by atoms with Crippen molar-refractivity contribution >= 4 is 56.5 Å². The molecular formula is C27H26Cl2N2O5S. The summed E-state index contributed by atoms with van der Waals surface area (Å²) in [6.45, 7) is 5.00. The zero-order valence-corrected chi connectivity index (χ0v) is 22.9. The van der Waals surface area contributed by atoms with Gasteiger partial charge in [0, 0.05) is 27.8 Å². The average molecular weight is 561 g/mol. The van der Waals surface area contributed by atoms with Crippen LogP contribution in [0.25, 0.3) is 0 Å². The lowest BCUT2D eigenvalue weighted by molar-refractivity contribution is -0.152. The highest BCUT2D eigenvalue weighted by atomic mass is 35.5. The van der Waals surface area contributed by atoms with Crippen molar-refractivity contribution in [2.75, 3.05) is 22.3 Å². The Kier molecular flexibility index (Phi) is 7.55. The minimum atomic E-state index is -4.26. The Morgan fingerprint density at radius 1 is 0.973 bits per heavy atom. The first-order chi connectivity index (χ1) is 17.3. The number of anilines is 2. The van der Waals surface area contributed by atoms with Crippen LogP contribution in [0.5, 0.6) is 0 Å². The van der Waals surface area contributed by atoms with Gasteiger partial charge in [0.2, 0.25) is 0 Å². The van der Waals surface area contributed by atoms with Crippen molar-refractivity contribution in [1.29, 1.82) is 0 Å². The van der Waals surface area contributed by atoms with Gasteiger partial charge in [-0.15, -0.1) is 0 Å². The lowest BCUT2D eigenvalue weighted by Crippen LogP contribution is -2.39. The zero-order chi connectivity index (χ0) is 27.0. The fraction of sp³-hybridized carbons (Fsp3) is 0.259. The van der Waals surface area contributed by atoms with Crippen LogP contribution >= 0.6 is 23.2 Å². The highest BCUT2D eigenvalue weighted by Crippen LogP contribution is 2.35. The van der Waals surface area contributed by atoms with Crippen LogP contribution in [0.4, 0.5) is 11.4 Å². The third kappa shape index (κ3) is 6.09. The average Bonchev–Trinajstić information content (AvgIpc) is 3.24. The molecule has 0 aliphatic carbocycles. The molecule has 1 heterocycles. The molecule has 37 heavy (non-hydrogen) atoms. The second-order valence-electron chi connectivity index (χ2n) is 9.59. The highest BCUT2D eigenvalue weighted by Gasteiger charge is 2.32. The Hall–Kier alpha value is -3.07. The maximum atomic E-state index is 13.7. The van der Waals surface area contributed by atoms with Gasteiger partial charge in [0.05, 0.1) is 10.6 Å². The number of carbonyl (C=O) groups is 2. The van der Waals surface area contributed by atoms with E-state index in [4.69, 9.17) is 27.9 Å². The van der Waals surface area contributed by atoms with Crippen LogP contribution in [0.1, 0.15) is 36.7 Å². The Morgan fingerprint density at radius 2 is 1.62 bits per heavy atom. The van der Waals surface area contributed by atoms with E-state index in [1.807, 2.05) is 6.07 Å². The number of benzene rings is 3. The molecule has 194 valence electrons. The third-order valence-corrected chi connectivity index (χ3v) is 7.82. The SMILES string of the molecule is CC(C)(C)OC(=O)CN(c1ccc2c(c1)CCN2C(=O)c1ccccc1)S(=O)(=O)c1cc(Cl)cc(Cl)c1. The van der Waals surface area contributed by atoms with Gasteiger partial charge in [0.25, 0.3) is 15.9 Å². The smallest absolute Gasteiger partial charge is 0.327 e. The molecule has 0 atom stereocenters. The van der Waals surface area contributed by atoms with Gasteiger partial charge >= 0.3 is 5.97 Å². The standard InChI is InChI=1S/C27H26Cl2N2O5S/c1-27(2,3)36-25(32)17-31(37(34,35)23-15-20(28)14-21(29)16-23)22-9-10-24-19(13-22)11-12-30(24)26(33)18-7-5-4-6-8-18/h4-10,13-16H,11-12,17H2,1-3H3. The molecule has 0 radical (unpaired) electrons. The van der Waals surface area contributed by atoms with Gasteiger partial charge < -0.3 is 9.64 Å². The van der Waals surface area contributed by atoms with E-state index in [2.05, 4.69) is 0 Å². The number of fused-ring (bicyclic) bond motifs is 1. The highest BCUT2D eigenvalue weighted by molar-refractivity contribution is 7.92. The molecule has 4 rings (SSSR count). The number of hydrogen-bond acceptors (Lipinski definition) is 5. The molecule has 0 aromatic heterocycles. The molecule has 1 aliphatic heterocycles. The van der Waals surface area contributed by atoms with Crippen LogP contribution in [0.2, 0.25) is 10.0 Å². The topological polar surface area (TPSA) is 84.0 Å². The van der Waals surface area contributed by atoms with Crippen molar-refractivity contribution < 1.29 is 22.7 Å². The first-order valence-electron chi connectivity index (χ1n) is 11.6. The van der Waals surface area contributed by atoms with E-state index < -0.39 is 28.1 Å². The van der Waals surface area contributed by atoms with Crippen molar-refractivity contribution in [2.24, 2.45) is 0 Å². The van der Waals surface area contributed by atoms with Gasteiger partial charge in [-0.2, -0.15) is 0 Å². The number of carbonyl (C=O) groups excluding carboxylic acids is 2. The monoisotopic (exact) mass is 560 g/mol. The van der Waals surface area contributed by atoms with Crippen LogP contribution in [0.3, 0.4) is 0 Å². The van der Waals surface area contributed by atoms with Crippen molar-refractivity contribution in [3.05, 3.63) is 87.9 Å². The molecular weight excluding hydrogens is 535 g/mol. The predicted molar refractivity (Wildman–Crippen MR) is 145 cm³/mol. The maximum Gasteiger partial charge on any atom is 0.327 e. The number of rotatable bonds is 6. The van der Waals surface area contributed by atoms with E-state index in [0.29, 0.717) is 24.2 Å². The molecule has 0 saturated carbocycles. The van der Waals surface area contributed by atoms with Gasteiger partial charge in [0.15, 0.2) is 0 Å². The summed E-state index contributed by atoms with van der Waals surface area (Å²) in [5, 5.41) is 0.291. The lowest BCUT2D eigenvalue weighted by atomic mass is 10.1. The van der Waals surface area contributed by atoms with Crippen LogP contribution in [0.15, 0.2) is 71.6 Å². The fourth-order valence-electron chi connectivity index (χ4n) is 4.10. The number of ether oxygens (including phenoxy) is 1. The molecule has 0 bridgehead atoms. The molecule has 1 amide bonds. The summed E-state index contributed by atoms with van der Waals surface area (Å²) in [6, 6.07) is 17.9. The van der Waals surface area contributed by atoms with Crippen molar-refractivity contribution in [1.82, 2.24) is 0 Å². The quantitative estimate of drug-likeness (QED) is 0.359. The van der Waals surface area contributed by atoms with Gasteiger partial charge in [-0.3, -0.25) is 13.9 Å². The molecule has 3 aromatic carbocycles. The van der Waals surface area contributed by atoms with Crippen molar-refractivity contribution in [3.8, 4) is 0 Å². The van der Waals surface area contributed by atoms with E-state index in [1.54, 1.807) is 68.1 Å². The van der Waals surface area contributed by atoms with Gasteiger partial charge in [0.1, 0.15) is 12.1 Å². The van der Waals surface area contributed by atoms with E-state index in [-0.39, 0.29) is 26.5 Å². The molecule has 3 aromatic rings. The molecule has 0 spiro atoms. The summed E-state index contributed by atoms with van der Waals surface area (Å²) >= 11 is 12.2. The summed E-state index contributed by atoms with van der Waals surface area (Å²) in [5.41, 5.74) is 1.50. The maximum absolute atomic E-state index is 13.7. The van der Waals surface area contributed by atoms with E-state index in [0.717, 1.165) is 9.87 Å². The van der Waals surface area contributed by atoms with E-state index in [9.17, 15) is 18.0 Å². The number of nitrogens with zero attached hydrogens (tertiary/aromatic N) is 2. The number of sulfonamides is 1. The van der Waals surface area contributed by atoms with Crippen molar-refractivity contribution in [3.63, 3.8) is 0 Å². The molecule has 0 N–H and O–H groups in total. The molecule has 10 heteroatoms. The second kappa shape index (κ2) is 10.4. The first-order valence-corrected chi connectivity index (χ1v) is 13.8. The number of esters is 1. The largest absolute Gasteiger partial charge is 0.459 e. The van der Waals surface area contributed by atoms with Gasteiger partial charge in [-0.05, 0) is 81.3 Å². The van der Waals surface area contributed by atoms with Crippen LogP contribution in [-0.4, -0.2) is 39.0 Å². The normalized spacial score (nSPS) is 13.3. The summed E-state index contributed by atoms with van der Waals surface area (Å²) in [5.74, 6) is -0.857. The summed E-state index contributed by atoms with van der Waals surface area (Å²) < 4.78 is 33.9. The summed E-state index contributed by atoms with van der Waals surface area (Å²) in [7, 11) is -4.26. The van der Waals surface area contributed by atoms with Crippen LogP contribution < -0.4 is 9.21 Å². The van der Waals surface area contributed by atoms with Crippen molar-refractivity contribution in [2.45, 2.75) is 37.7 Å². The minimum Gasteiger partial charge on any atom is -0.459 e. The Bertz CT molecular complexity index is 1430. The third-order valence-electron chi connectivity index (χ3n) is 5.63. The number of halogens is 2. The summed E-state index contributed by atoms with van der Waals surface area (Å²) in [4.78, 5) is 27.3. The molecule has 0 saturated heterocycles. The van der Waals surface area contributed by atoms with Gasteiger partial charge in [-0.1, -0.05) is 41.4 Å².